The number of ether oxygens (including phenoxy) is 1. The van der Waals surface area contributed by atoms with E-state index in [9.17, 15) is 5.11 Å². The van der Waals surface area contributed by atoms with Gasteiger partial charge in [-0.2, -0.15) is 0 Å². The summed E-state index contributed by atoms with van der Waals surface area (Å²) in [5, 5.41) is 10.0. The zero-order valence-electron chi connectivity index (χ0n) is 13.1. The summed E-state index contributed by atoms with van der Waals surface area (Å²) in [6.07, 6.45) is 6.53. The summed E-state index contributed by atoms with van der Waals surface area (Å²) in [6, 6.07) is 4.61. The van der Waals surface area contributed by atoms with Crippen LogP contribution in [0, 0.1) is 0 Å². The minimum absolute atomic E-state index is 0.0530. The molecular formula is C17H26N2O2. The summed E-state index contributed by atoms with van der Waals surface area (Å²) in [4.78, 5) is 7.02. The van der Waals surface area contributed by atoms with Gasteiger partial charge in [-0.25, -0.2) is 0 Å². The van der Waals surface area contributed by atoms with Gasteiger partial charge in [-0.1, -0.05) is 13.0 Å². The summed E-state index contributed by atoms with van der Waals surface area (Å²) in [7, 11) is 1.82. The van der Waals surface area contributed by atoms with Crippen molar-refractivity contribution in [3.05, 3.63) is 29.6 Å². The van der Waals surface area contributed by atoms with E-state index in [0.29, 0.717) is 6.04 Å². The van der Waals surface area contributed by atoms with Crippen LogP contribution in [0.2, 0.25) is 0 Å². The van der Waals surface area contributed by atoms with Crippen LogP contribution in [0.25, 0.3) is 0 Å². The predicted molar refractivity (Wildman–Crippen MR) is 82.0 cm³/mol. The first-order chi connectivity index (χ1) is 10.2. The van der Waals surface area contributed by atoms with E-state index in [1.165, 1.54) is 5.56 Å². The molecule has 2 aliphatic rings. The number of hydrogen-bond acceptors (Lipinski definition) is 4. The third-order valence-corrected chi connectivity index (χ3v) is 5.33. The number of likely N-dealkylation sites (tertiary alicyclic amines) is 1. The van der Waals surface area contributed by atoms with Crippen molar-refractivity contribution in [2.24, 2.45) is 0 Å². The van der Waals surface area contributed by atoms with Gasteiger partial charge in [-0.15, -0.1) is 0 Å². The number of aromatic nitrogens is 1. The average Bonchev–Trinajstić information content (AvgIpc) is 2.87. The third-order valence-electron chi connectivity index (χ3n) is 5.33. The second-order valence-electron chi connectivity index (χ2n) is 6.44. The van der Waals surface area contributed by atoms with Crippen LogP contribution in [0.15, 0.2) is 18.3 Å². The standard InChI is InChI=1S/C17H26N2O2/c1-3-13-4-5-14(18-11-13)12-19-9-8-17(21-2)7-6-15(20)10-16(17)19/h4-5,11,15-16,20H,3,6-10,12H2,1-2H3/t15-,16-,17+/m0/s1. The number of nitrogens with zero attached hydrogens (tertiary/aromatic N) is 2. The molecule has 0 aromatic carbocycles. The lowest BCUT2D eigenvalue weighted by atomic mass is 9.79. The number of methoxy groups -OCH3 is 1. The summed E-state index contributed by atoms with van der Waals surface area (Å²) in [5.41, 5.74) is 2.33. The molecule has 3 rings (SSSR count). The lowest BCUT2D eigenvalue weighted by Crippen LogP contribution is -2.51. The van der Waals surface area contributed by atoms with Gasteiger partial charge in [0.25, 0.3) is 0 Å². The lowest BCUT2D eigenvalue weighted by Gasteiger charge is -2.42. The quantitative estimate of drug-likeness (QED) is 0.923. The zero-order chi connectivity index (χ0) is 14.9. The molecule has 2 fully saturated rings. The molecule has 0 spiro atoms. The summed E-state index contributed by atoms with van der Waals surface area (Å²) in [6.45, 7) is 4.03. The van der Waals surface area contributed by atoms with Crippen molar-refractivity contribution in [1.82, 2.24) is 9.88 Å². The SMILES string of the molecule is CCc1ccc(CN2CC[C@]3(OC)CC[C@H](O)C[C@H]23)nc1. The average molecular weight is 290 g/mol. The van der Waals surface area contributed by atoms with Gasteiger partial charge >= 0.3 is 0 Å². The van der Waals surface area contributed by atoms with Crippen LogP contribution in [0.3, 0.4) is 0 Å². The maximum absolute atomic E-state index is 10.0. The Morgan fingerprint density at radius 2 is 2.29 bits per heavy atom. The highest BCUT2D eigenvalue weighted by Crippen LogP contribution is 2.42. The molecule has 3 atom stereocenters. The van der Waals surface area contributed by atoms with Crippen molar-refractivity contribution in [3.8, 4) is 0 Å². The molecule has 0 amide bonds. The Bertz CT molecular complexity index is 476. The first-order valence-electron chi connectivity index (χ1n) is 8.08. The molecule has 1 saturated carbocycles. The monoisotopic (exact) mass is 290 g/mol. The molecule has 0 unspecified atom stereocenters. The van der Waals surface area contributed by atoms with E-state index in [2.05, 4.69) is 28.9 Å². The van der Waals surface area contributed by atoms with Crippen molar-refractivity contribution in [1.29, 1.82) is 0 Å². The van der Waals surface area contributed by atoms with Crippen molar-refractivity contribution >= 4 is 0 Å². The lowest BCUT2D eigenvalue weighted by molar-refractivity contribution is -0.0880. The largest absolute Gasteiger partial charge is 0.393 e. The van der Waals surface area contributed by atoms with Crippen LogP contribution in [0.1, 0.15) is 43.9 Å². The highest BCUT2D eigenvalue weighted by atomic mass is 16.5. The van der Waals surface area contributed by atoms with Crippen molar-refractivity contribution < 1.29 is 9.84 Å². The van der Waals surface area contributed by atoms with E-state index in [4.69, 9.17) is 4.74 Å². The third kappa shape index (κ3) is 2.85. The first-order valence-corrected chi connectivity index (χ1v) is 8.08. The number of pyridine rings is 1. The van der Waals surface area contributed by atoms with Crippen molar-refractivity contribution in [3.63, 3.8) is 0 Å². The van der Waals surface area contributed by atoms with Gasteiger partial charge in [0.05, 0.1) is 17.4 Å². The molecule has 1 aliphatic heterocycles. The number of fused-ring (bicyclic) bond motifs is 1. The second kappa shape index (κ2) is 6.03. The van der Waals surface area contributed by atoms with E-state index in [1.54, 1.807) is 0 Å². The Labute approximate surface area is 127 Å². The molecule has 116 valence electrons. The normalized spacial score (nSPS) is 33.1. The summed E-state index contributed by atoms with van der Waals surface area (Å²) < 4.78 is 5.88. The molecule has 1 N–H and O–H groups in total. The highest BCUT2D eigenvalue weighted by Gasteiger charge is 2.50. The van der Waals surface area contributed by atoms with Crippen LogP contribution in [0.4, 0.5) is 0 Å². The van der Waals surface area contributed by atoms with Crippen LogP contribution >= 0.6 is 0 Å². The molecule has 1 saturated heterocycles. The van der Waals surface area contributed by atoms with E-state index < -0.39 is 0 Å². The summed E-state index contributed by atoms with van der Waals surface area (Å²) in [5.74, 6) is 0. The Balaban J connectivity index is 1.73. The predicted octanol–water partition coefficient (Wildman–Crippen LogP) is 2.15. The number of hydrogen-bond donors (Lipinski definition) is 1. The second-order valence-corrected chi connectivity index (χ2v) is 6.44. The van der Waals surface area contributed by atoms with Gasteiger partial charge < -0.3 is 9.84 Å². The molecule has 1 aliphatic carbocycles. The zero-order valence-corrected chi connectivity index (χ0v) is 13.1. The Morgan fingerprint density at radius 1 is 1.43 bits per heavy atom. The van der Waals surface area contributed by atoms with Gasteiger partial charge in [0.2, 0.25) is 0 Å². The number of aliphatic hydroxyl groups excluding tert-OH is 1. The maximum atomic E-state index is 10.0. The van der Waals surface area contributed by atoms with Crippen molar-refractivity contribution in [2.75, 3.05) is 13.7 Å². The molecule has 1 aromatic rings. The molecule has 4 heteroatoms. The molecule has 2 heterocycles. The minimum atomic E-state index is -0.186. The topological polar surface area (TPSA) is 45.6 Å². The Kier molecular flexibility index (Phi) is 4.29. The van der Waals surface area contributed by atoms with Gasteiger partial charge in [0.15, 0.2) is 0 Å². The molecule has 4 nitrogen and oxygen atoms in total. The maximum Gasteiger partial charge on any atom is 0.0847 e. The van der Waals surface area contributed by atoms with Crippen LogP contribution in [-0.2, 0) is 17.7 Å². The van der Waals surface area contributed by atoms with Gasteiger partial charge in [-0.05, 0) is 43.7 Å². The van der Waals surface area contributed by atoms with E-state index in [-0.39, 0.29) is 11.7 Å². The summed E-state index contributed by atoms with van der Waals surface area (Å²) >= 11 is 0. The van der Waals surface area contributed by atoms with E-state index >= 15 is 0 Å². The molecular weight excluding hydrogens is 264 g/mol. The molecule has 1 aromatic heterocycles. The van der Waals surface area contributed by atoms with Crippen LogP contribution in [-0.4, -0.2) is 46.4 Å². The number of rotatable bonds is 4. The fourth-order valence-corrected chi connectivity index (χ4v) is 3.93. The first kappa shape index (κ1) is 14.9. The fraction of sp³-hybridized carbons (Fsp3) is 0.706. The van der Waals surface area contributed by atoms with E-state index in [1.807, 2.05) is 13.3 Å². The van der Waals surface area contributed by atoms with Gasteiger partial charge in [0.1, 0.15) is 0 Å². The fourth-order valence-electron chi connectivity index (χ4n) is 3.93. The van der Waals surface area contributed by atoms with Gasteiger partial charge in [0, 0.05) is 32.4 Å². The van der Waals surface area contributed by atoms with E-state index in [0.717, 1.165) is 50.9 Å². The minimum Gasteiger partial charge on any atom is -0.393 e. The smallest absolute Gasteiger partial charge is 0.0847 e. The highest BCUT2D eigenvalue weighted by molar-refractivity contribution is 5.15. The van der Waals surface area contributed by atoms with Crippen LogP contribution in [0.5, 0.6) is 0 Å². The number of aliphatic hydroxyl groups is 1. The molecule has 21 heavy (non-hydrogen) atoms. The Hall–Kier alpha value is -0.970. The van der Waals surface area contributed by atoms with Crippen molar-refractivity contribution in [2.45, 2.75) is 63.3 Å². The molecule has 0 radical (unpaired) electrons. The Morgan fingerprint density at radius 3 is 2.95 bits per heavy atom. The molecule has 0 bridgehead atoms. The van der Waals surface area contributed by atoms with Crippen LogP contribution < -0.4 is 0 Å². The van der Waals surface area contributed by atoms with Gasteiger partial charge in [-0.3, -0.25) is 9.88 Å². The number of aryl methyl sites for hydroxylation is 1.